The van der Waals surface area contributed by atoms with Gasteiger partial charge in [-0.25, -0.2) is 4.98 Å². The van der Waals surface area contributed by atoms with Gasteiger partial charge in [-0.3, -0.25) is 4.79 Å². The van der Waals surface area contributed by atoms with Crippen molar-refractivity contribution in [1.29, 1.82) is 0 Å². The molecule has 0 radical (unpaired) electrons. The third kappa shape index (κ3) is 4.85. The quantitative estimate of drug-likeness (QED) is 0.455. The molecular weight excluding hydrogens is 424 g/mol. The van der Waals surface area contributed by atoms with E-state index in [-0.39, 0.29) is 11.6 Å². The van der Waals surface area contributed by atoms with E-state index in [2.05, 4.69) is 30.7 Å². The maximum Gasteiger partial charge on any atom is 0.277 e. The second-order valence-electron chi connectivity index (χ2n) is 7.50. The topological polar surface area (TPSA) is 119 Å². The minimum atomic E-state index is -0.376. The van der Waals surface area contributed by atoms with Crippen molar-refractivity contribution in [2.75, 3.05) is 41.8 Å². The summed E-state index contributed by atoms with van der Waals surface area (Å²) in [7, 11) is 0. The molecule has 1 aromatic carbocycles. The van der Waals surface area contributed by atoms with Gasteiger partial charge in [0.05, 0.1) is 19.5 Å². The van der Waals surface area contributed by atoms with Gasteiger partial charge in [0.1, 0.15) is 5.82 Å². The van der Waals surface area contributed by atoms with Crippen LogP contribution in [-0.2, 0) is 4.74 Å². The van der Waals surface area contributed by atoms with Gasteiger partial charge in [-0.2, -0.15) is 4.98 Å². The molecule has 1 amide bonds. The molecule has 5 rings (SSSR count). The van der Waals surface area contributed by atoms with Crippen molar-refractivity contribution in [2.24, 2.45) is 0 Å². The highest BCUT2D eigenvalue weighted by Crippen LogP contribution is 2.23. The van der Waals surface area contributed by atoms with Gasteiger partial charge < -0.3 is 29.2 Å². The molecule has 0 atom stereocenters. The molecule has 168 valence electrons. The lowest BCUT2D eigenvalue weighted by Crippen LogP contribution is -2.37. The third-order valence-corrected chi connectivity index (χ3v) is 5.06. The number of amides is 1. The molecule has 1 fully saturated rings. The van der Waals surface area contributed by atoms with E-state index < -0.39 is 0 Å². The molecular formula is C23H22N6O4. The number of carbonyl (C=O) groups excluding carboxylic acids is 1. The Labute approximate surface area is 189 Å². The number of anilines is 4. The molecule has 4 heterocycles. The van der Waals surface area contributed by atoms with E-state index in [1.807, 2.05) is 25.1 Å². The second-order valence-corrected chi connectivity index (χ2v) is 7.50. The molecule has 33 heavy (non-hydrogen) atoms. The van der Waals surface area contributed by atoms with Crippen molar-refractivity contribution >= 4 is 29.0 Å². The van der Waals surface area contributed by atoms with Crippen molar-refractivity contribution in [3.8, 4) is 11.5 Å². The fourth-order valence-corrected chi connectivity index (χ4v) is 3.42. The summed E-state index contributed by atoms with van der Waals surface area (Å²) in [6, 6.07) is 14.2. The number of aryl methyl sites for hydroxylation is 1. The molecule has 0 unspecified atom stereocenters. The van der Waals surface area contributed by atoms with E-state index >= 15 is 0 Å². The fraction of sp³-hybridized carbons (Fsp3) is 0.217. The summed E-state index contributed by atoms with van der Waals surface area (Å²) in [4.78, 5) is 23.8. The van der Waals surface area contributed by atoms with Gasteiger partial charge in [0.25, 0.3) is 5.91 Å². The first-order valence-corrected chi connectivity index (χ1v) is 10.5. The van der Waals surface area contributed by atoms with Crippen LogP contribution < -0.4 is 15.5 Å². The SMILES string of the molecule is Cc1cc(Nc2ccc(NC(=O)c3cc(-c4ccco4)on3)cc2)nc(N2CCOCC2)n1. The molecule has 10 nitrogen and oxygen atoms in total. The molecule has 0 bridgehead atoms. The molecule has 2 N–H and O–H groups in total. The van der Waals surface area contributed by atoms with Crippen LogP contribution in [0, 0.1) is 6.92 Å². The van der Waals surface area contributed by atoms with Crippen molar-refractivity contribution in [1.82, 2.24) is 15.1 Å². The number of furan rings is 1. The van der Waals surface area contributed by atoms with Gasteiger partial charge in [0.2, 0.25) is 11.7 Å². The summed E-state index contributed by atoms with van der Waals surface area (Å²) in [5, 5.41) is 9.91. The number of nitrogens with zero attached hydrogens (tertiary/aromatic N) is 4. The Morgan fingerprint density at radius 1 is 1.00 bits per heavy atom. The van der Waals surface area contributed by atoms with Crippen LogP contribution in [0.2, 0.25) is 0 Å². The fourth-order valence-electron chi connectivity index (χ4n) is 3.42. The molecule has 0 aliphatic carbocycles. The highest BCUT2D eigenvalue weighted by Gasteiger charge is 2.16. The lowest BCUT2D eigenvalue weighted by atomic mass is 10.2. The Balaban J connectivity index is 1.24. The van der Waals surface area contributed by atoms with Gasteiger partial charge in [-0.05, 0) is 43.3 Å². The summed E-state index contributed by atoms with van der Waals surface area (Å²) in [6.07, 6.45) is 1.53. The Morgan fingerprint density at radius 3 is 2.55 bits per heavy atom. The van der Waals surface area contributed by atoms with Crippen molar-refractivity contribution < 1.29 is 18.5 Å². The van der Waals surface area contributed by atoms with Gasteiger partial charge in [-0.15, -0.1) is 0 Å². The van der Waals surface area contributed by atoms with Gasteiger partial charge in [0.15, 0.2) is 11.5 Å². The van der Waals surface area contributed by atoms with Crippen LogP contribution >= 0.6 is 0 Å². The average molecular weight is 446 g/mol. The van der Waals surface area contributed by atoms with Crippen molar-refractivity contribution in [3.05, 3.63) is 66.2 Å². The van der Waals surface area contributed by atoms with Crippen LogP contribution in [0.15, 0.2) is 63.7 Å². The number of aromatic nitrogens is 3. The lowest BCUT2D eigenvalue weighted by Gasteiger charge is -2.27. The first kappa shape index (κ1) is 20.7. The van der Waals surface area contributed by atoms with E-state index in [0.29, 0.717) is 42.2 Å². The Kier molecular flexibility index (Phi) is 5.73. The number of hydrogen-bond donors (Lipinski definition) is 2. The predicted molar refractivity (Wildman–Crippen MR) is 122 cm³/mol. The first-order valence-electron chi connectivity index (χ1n) is 10.5. The van der Waals surface area contributed by atoms with E-state index in [4.69, 9.17) is 13.7 Å². The maximum atomic E-state index is 12.5. The number of nitrogens with one attached hydrogen (secondary N) is 2. The van der Waals surface area contributed by atoms with Crippen LogP contribution in [0.5, 0.6) is 0 Å². The summed E-state index contributed by atoms with van der Waals surface area (Å²) < 4.78 is 15.8. The summed E-state index contributed by atoms with van der Waals surface area (Å²) in [6.45, 7) is 4.83. The molecule has 0 spiro atoms. The van der Waals surface area contributed by atoms with Crippen LogP contribution in [0.25, 0.3) is 11.5 Å². The highest BCUT2D eigenvalue weighted by molar-refractivity contribution is 6.03. The number of ether oxygens (including phenoxy) is 1. The molecule has 4 aromatic rings. The maximum absolute atomic E-state index is 12.5. The average Bonchev–Trinajstić information content (AvgIpc) is 3.53. The summed E-state index contributed by atoms with van der Waals surface area (Å²) in [5.74, 6) is 1.91. The van der Waals surface area contributed by atoms with Crippen LogP contribution in [-0.4, -0.2) is 47.3 Å². The normalized spacial score (nSPS) is 13.7. The monoisotopic (exact) mass is 446 g/mol. The van der Waals surface area contributed by atoms with E-state index in [1.165, 1.54) is 12.3 Å². The zero-order valence-corrected chi connectivity index (χ0v) is 17.9. The molecule has 10 heteroatoms. The van der Waals surface area contributed by atoms with Gasteiger partial charge >= 0.3 is 0 Å². The van der Waals surface area contributed by atoms with Gasteiger partial charge in [0, 0.05) is 42.3 Å². The molecule has 1 aliphatic heterocycles. The molecule has 1 aliphatic rings. The molecule has 3 aromatic heterocycles. The summed E-state index contributed by atoms with van der Waals surface area (Å²) >= 11 is 0. The number of hydrogen-bond acceptors (Lipinski definition) is 9. The Hall–Kier alpha value is -4.18. The third-order valence-electron chi connectivity index (χ3n) is 5.06. The minimum absolute atomic E-state index is 0.163. The smallest absolute Gasteiger partial charge is 0.277 e. The van der Waals surface area contributed by atoms with E-state index in [1.54, 1.807) is 24.3 Å². The second kappa shape index (κ2) is 9.13. The number of carbonyl (C=O) groups is 1. The highest BCUT2D eigenvalue weighted by atomic mass is 16.5. The summed E-state index contributed by atoms with van der Waals surface area (Å²) in [5.41, 5.74) is 2.50. The first-order chi connectivity index (χ1) is 16.1. The van der Waals surface area contributed by atoms with Gasteiger partial charge in [-0.1, -0.05) is 5.16 Å². The number of benzene rings is 1. The zero-order chi connectivity index (χ0) is 22.6. The van der Waals surface area contributed by atoms with E-state index in [0.717, 1.165) is 24.5 Å². The lowest BCUT2D eigenvalue weighted by molar-refractivity contribution is 0.101. The number of rotatable bonds is 6. The Morgan fingerprint density at radius 2 is 1.79 bits per heavy atom. The standard InChI is InChI=1S/C23H22N6O4/c1-15-13-21(27-23(24-15)29-8-11-31-12-9-29)25-16-4-6-17(7-5-16)26-22(30)18-14-20(33-28-18)19-3-2-10-32-19/h2-7,10,13-14H,8-9,11-12H2,1H3,(H,26,30)(H,24,25,27). The minimum Gasteiger partial charge on any atom is -0.461 e. The number of morpholine rings is 1. The van der Waals surface area contributed by atoms with Crippen molar-refractivity contribution in [2.45, 2.75) is 6.92 Å². The van der Waals surface area contributed by atoms with Crippen LogP contribution in [0.4, 0.5) is 23.1 Å². The van der Waals surface area contributed by atoms with Crippen LogP contribution in [0.3, 0.4) is 0 Å². The zero-order valence-electron chi connectivity index (χ0n) is 17.9. The molecule has 0 saturated carbocycles. The Bertz CT molecular complexity index is 1230. The molecule has 1 saturated heterocycles. The van der Waals surface area contributed by atoms with E-state index in [9.17, 15) is 4.79 Å². The van der Waals surface area contributed by atoms with Crippen LogP contribution in [0.1, 0.15) is 16.2 Å². The largest absolute Gasteiger partial charge is 0.461 e. The van der Waals surface area contributed by atoms with Crippen molar-refractivity contribution in [3.63, 3.8) is 0 Å². The predicted octanol–water partition coefficient (Wildman–Crippen LogP) is 3.87.